The third-order valence-electron chi connectivity index (χ3n) is 4.10. The Bertz CT molecular complexity index is 670. The molecule has 0 aliphatic carbocycles. The molecule has 1 atom stereocenters. The lowest BCUT2D eigenvalue weighted by Gasteiger charge is -2.14. The van der Waals surface area contributed by atoms with Crippen LogP contribution in [-0.4, -0.2) is 25.2 Å². The van der Waals surface area contributed by atoms with E-state index in [0.29, 0.717) is 18.7 Å². The standard InChI is InChI=1S/C18H24F6N4O/c1-12(3-2-9-27-28-16(29)15(11-25)18(22,23)24)8-10-26-14-6-4-13(5-7-14)17(19,20)21/h4-7,11-12,26-27H,2-3,8-10,25H2,1H3,(H,28,29)/b15-11+. The quantitative estimate of drug-likeness (QED) is 0.198. The fraction of sp³-hybridized carbons (Fsp3) is 0.500. The summed E-state index contributed by atoms with van der Waals surface area (Å²) in [5.74, 6) is -1.09. The van der Waals surface area contributed by atoms with Gasteiger partial charge < -0.3 is 11.1 Å². The van der Waals surface area contributed by atoms with Crippen LogP contribution in [0.2, 0.25) is 0 Å². The zero-order valence-corrected chi connectivity index (χ0v) is 15.8. The minimum atomic E-state index is -4.82. The maximum atomic E-state index is 12.5. The molecular weight excluding hydrogens is 402 g/mol. The number of nitrogens with one attached hydrogen (secondary N) is 3. The molecule has 1 rings (SSSR count). The third kappa shape index (κ3) is 9.07. The van der Waals surface area contributed by atoms with Crippen LogP contribution < -0.4 is 21.9 Å². The van der Waals surface area contributed by atoms with Gasteiger partial charge in [0.2, 0.25) is 0 Å². The van der Waals surface area contributed by atoms with Crippen LogP contribution in [0.15, 0.2) is 36.0 Å². The van der Waals surface area contributed by atoms with Gasteiger partial charge in [-0.3, -0.25) is 10.2 Å². The number of alkyl halides is 6. The monoisotopic (exact) mass is 426 g/mol. The largest absolute Gasteiger partial charge is 0.423 e. The van der Waals surface area contributed by atoms with Crippen LogP contribution in [0.25, 0.3) is 0 Å². The Morgan fingerprint density at radius 1 is 1.07 bits per heavy atom. The topological polar surface area (TPSA) is 79.2 Å². The van der Waals surface area contributed by atoms with Crippen LogP contribution >= 0.6 is 0 Å². The SMILES string of the molecule is CC(CCCNNC(=O)/C(=C\N)C(F)(F)F)CCNc1ccc(C(F)(F)F)cc1. The maximum Gasteiger partial charge on any atom is 0.423 e. The molecule has 1 aromatic rings. The van der Waals surface area contributed by atoms with Crippen molar-refractivity contribution in [1.29, 1.82) is 0 Å². The fourth-order valence-corrected chi connectivity index (χ4v) is 2.43. The summed E-state index contributed by atoms with van der Waals surface area (Å²) in [6.45, 7) is 2.82. The van der Waals surface area contributed by atoms with Crippen LogP contribution in [0.5, 0.6) is 0 Å². The number of nitrogens with two attached hydrogens (primary N) is 1. The predicted molar refractivity (Wildman–Crippen MR) is 97.4 cm³/mol. The number of hydrogen-bond donors (Lipinski definition) is 4. The van der Waals surface area contributed by atoms with Crippen LogP contribution in [0, 0.1) is 5.92 Å². The lowest BCUT2D eigenvalue weighted by Crippen LogP contribution is -2.42. The summed E-state index contributed by atoms with van der Waals surface area (Å²) >= 11 is 0. The highest BCUT2D eigenvalue weighted by Gasteiger charge is 2.38. The second kappa shape index (κ2) is 10.9. The van der Waals surface area contributed by atoms with Crippen LogP contribution in [-0.2, 0) is 11.0 Å². The molecule has 1 amide bonds. The zero-order valence-electron chi connectivity index (χ0n) is 15.8. The number of carbonyl (C=O) groups excluding carboxylic acids is 1. The Morgan fingerprint density at radius 3 is 2.21 bits per heavy atom. The van der Waals surface area contributed by atoms with Gasteiger partial charge in [-0.05, 0) is 49.4 Å². The van der Waals surface area contributed by atoms with Gasteiger partial charge >= 0.3 is 12.4 Å². The number of carbonyl (C=O) groups is 1. The molecule has 164 valence electrons. The maximum absolute atomic E-state index is 12.5. The summed E-state index contributed by atoms with van der Waals surface area (Å²) in [7, 11) is 0. The van der Waals surface area contributed by atoms with Crippen LogP contribution in [0.3, 0.4) is 0 Å². The Hall–Kier alpha value is -2.43. The van der Waals surface area contributed by atoms with Crippen molar-refractivity contribution in [2.75, 3.05) is 18.4 Å². The van der Waals surface area contributed by atoms with Crippen LogP contribution in [0.4, 0.5) is 32.0 Å². The molecule has 0 fully saturated rings. The molecule has 0 spiro atoms. The van der Waals surface area contributed by atoms with Gasteiger partial charge in [0.1, 0.15) is 5.57 Å². The molecule has 0 radical (unpaired) electrons. The number of halogens is 6. The molecule has 5 N–H and O–H groups in total. The first kappa shape index (κ1) is 24.6. The average molecular weight is 426 g/mol. The summed E-state index contributed by atoms with van der Waals surface area (Å²) in [4.78, 5) is 11.4. The smallest absolute Gasteiger partial charge is 0.404 e. The molecule has 0 aliphatic heterocycles. The highest BCUT2D eigenvalue weighted by molar-refractivity contribution is 5.94. The Morgan fingerprint density at radius 2 is 1.69 bits per heavy atom. The molecule has 0 aromatic heterocycles. The van der Waals surface area contributed by atoms with E-state index in [-0.39, 0.29) is 18.7 Å². The fourth-order valence-electron chi connectivity index (χ4n) is 2.43. The van der Waals surface area contributed by atoms with E-state index in [1.54, 1.807) is 0 Å². The number of hydrogen-bond acceptors (Lipinski definition) is 4. The van der Waals surface area contributed by atoms with Crippen molar-refractivity contribution in [2.45, 2.75) is 38.5 Å². The molecular formula is C18H24F6N4O. The molecule has 0 heterocycles. The Kier molecular flexibility index (Phi) is 9.28. The van der Waals surface area contributed by atoms with Crippen molar-refractivity contribution in [3.8, 4) is 0 Å². The Labute approximate surface area is 164 Å². The number of hydrazine groups is 1. The molecule has 0 bridgehead atoms. The van der Waals surface area contributed by atoms with Crippen molar-refractivity contribution < 1.29 is 31.1 Å². The van der Waals surface area contributed by atoms with Crippen molar-refractivity contribution in [3.63, 3.8) is 0 Å². The first-order valence-corrected chi connectivity index (χ1v) is 8.88. The molecule has 0 saturated heterocycles. The van der Waals surface area contributed by atoms with Crippen molar-refractivity contribution in [1.82, 2.24) is 10.9 Å². The lowest BCUT2D eigenvalue weighted by molar-refractivity contribution is -0.137. The molecule has 29 heavy (non-hydrogen) atoms. The first-order valence-electron chi connectivity index (χ1n) is 8.88. The van der Waals surface area contributed by atoms with E-state index < -0.39 is 29.4 Å². The summed E-state index contributed by atoms with van der Waals surface area (Å²) in [6, 6.07) is 4.75. The summed E-state index contributed by atoms with van der Waals surface area (Å²) < 4.78 is 74.9. The predicted octanol–water partition coefficient (Wildman–Crippen LogP) is 3.95. The third-order valence-corrected chi connectivity index (χ3v) is 4.10. The van der Waals surface area contributed by atoms with Crippen molar-refractivity contribution >= 4 is 11.6 Å². The van der Waals surface area contributed by atoms with Gasteiger partial charge in [0.25, 0.3) is 5.91 Å². The minimum Gasteiger partial charge on any atom is -0.404 e. The van der Waals surface area contributed by atoms with E-state index in [4.69, 9.17) is 5.73 Å². The van der Waals surface area contributed by atoms with Gasteiger partial charge in [-0.25, -0.2) is 5.43 Å². The van der Waals surface area contributed by atoms with E-state index in [1.165, 1.54) is 12.1 Å². The normalized spacial score (nSPS) is 13.8. The second-order valence-corrected chi connectivity index (χ2v) is 6.50. The highest BCUT2D eigenvalue weighted by atomic mass is 19.4. The minimum absolute atomic E-state index is 0.211. The molecule has 1 aromatic carbocycles. The van der Waals surface area contributed by atoms with E-state index in [9.17, 15) is 31.1 Å². The summed E-state index contributed by atoms with van der Waals surface area (Å²) in [6.07, 6.45) is -6.87. The van der Waals surface area contributed by atoms with E-state index in [0.717, 1.165) is 25.0 Å². The average Bonchev–Trinajstić information content (AvgIpc) is 2.60. The van der Waals surface area contributed by atoms with Crippen molar-refractivity contribution in [2.24, 2.45) is 11.7 Å². The van der Waals surface area contributed by atoms with Crippen LogP contribution in [0.1, 0.15) is 31.7 Å². The highest BCUT2D eigenvalue weighted by Crippen LogP contribution is 2.29. The zero-order chi connectivity index (χ0) is 22.1. The van der Waals surface area contributed by atoms with E-state index in [1.807, 2.05) is 12.3 Å². The molecule has 5 nitrogen and oxygen atoms in total. The molecule has 0 aliphatic rings. The van der Waals surface area contributed by atoms with Gasteiger partial charge in [0.05, 0.1) is 5.56 Å². The molecule has 1 unspecified atom stereocenters. The van der Waals surface area contributed by atoms with Crippen molar-refractivity contribution in [3.05, 3.63) is 41.6 Å². The second-order valence-electron chi connectivity index (χ2n) is 6.50. The van der Waals surface area contributed by atoms with Gasteiger partial charge in [0, 0.05) is 25.0 Å². The van der Waals surface area contributed by atoms with Gasteiger partial charge in [-0.1, -0.05) is 6.92 Å². The van der Waals surface area contributed by atoms with E-state index >= 15 is 0 Å². The number of rotatable bonds is 10. The Balaban J connectivity index is 2.20. The lowest BCUT2D eigenvalue weighted by atomic mass is 10.0. The summed E-state index contributed by atoms with van der Waals surface area (Å²) in [5.41, 5.74) is 7.58. The number of amides is 1. The molecule has 11 heteroatoms. The number of anilines is 1. The van der Waals surface area contributed by atoms with Gasteiger partial charge in [-0.2, -0.15) is 26.3 Å². The van der Waals surface area contributed by atoms with E-state index in [2.05, 4.69) is 10.7 Å². The number of benzene rings is 1. The van der Waals surface area contributed by atoms with Gasteiger partial charge in [0.15, 0.2) is 0 Å². The van der Waals surface area contributed by atoms with Gasteiger partial charge in [-0.15, -0.1) is 0 Å². The molecule has 0 saturated carbocycles. The first-order chi connectivity index (χ1) is 13.4. The summed E-state index contributed by atoms with van der Waals surface area (Å²) in [5, 5.41) is 3.04.